The van der Waals surface area contributed by atoms with Gasteiger partial charge in [-0.2, -0.15) is 0 Å². The molecule has 1 atom stereocenters. The number of rotatable bonds is 2. The second-order valence-corrected chi connectivity index (χ2v) is 4.81. The third-order valence-corrected chi connectivity index (χ3v) is 3.48. The molecule has 0 bridgehead atoms. The fourth-order valence-electron chi connectivity index (χ4n) is 2.41. The van der Waals surface area contributed by atoms with Gasteiger partial charge >= 0.3 is 5.97 Å². The van der Waals surface area contributed by atoms with E-state index in [0.29, 0.717) is 18.5 Å². The van der Waals surface area contributed by atoms with Gasteiger partial charge in [0.05, 0.1) is 0 Å². The first-order valence-corrected chi connectivity index (χ1v) is 6.30. The van der Waals surface area contributed by atoms with Gasteiger partial charge in [0.1, 0.15) is 11.9 Å². The Labute approximate surface area is 110 Å². The highest BCUT2D eigenvalue weighted by Crippen LogP contribution is 2.21. The number of halogens is 1. The lowest BCUT2D eigenvalue weighted by atomic mass is 9.99. The molecule has 0 saturated carbocycles. The van der Waals surface area contributed by atoms with Crippen molar-refractivity contribution in [2.75, 3.05) is 6.54 Å². The van der Waals surface area contributed by atoms with Crippen molar-refractivity contribution < 1.29 is 19.1 Å². The largest absolute Gasteiger partial charge is 0.480 e. The minimum Gasteiger partial charge on any atom is -0.480 e. The summed E-state index contributed by atoms with van der Waals surface area (Å²) in [5.41, 5.74) is 0.897. The molecule has 0 aromatic heterocycles. The van der Waals surface area contributed by atoms with Gasteiger partial charge in [-0.25, -0.2) is 9.18 Å². The molecule has 0 unspecified atom stereocenters. The van der Waals surface area contributed by atoms with Crippen molar-refractivity contribution in [2.24, 2.45) is 0 Å². The summed E-state index contributed by atoms with van der Waals surface area (Å²) in [7, 11) is 0. The maximum atomic E-state index is 13.2. The van der Waals surface area contributed by atoms with Crippen LogP contribution in [0, 0.1) is 12.7 Å². The Morgan fingerprint density at radius 2 is 2.11 bits per heavy atom. The molecule has 4 nitrogen and oxygen atoms in total. The van der Waals surface area contributed by atoms with Gasteiger partial charge in [0.25, 0.3) is 5.91 Å². The van der Waals surface area contributed by atoms with Crippen molar-refractivity contribution in [2.45, 2.75) is 32.2 Å². The quantitative estimate of drug-likeness (QED) is 0.892. The molecule has 19 heavy (non-hydrogen) atoms. The Morgan fingerprint density at radius 3 is 2.79 bits per heavy atom. The highest BCUT2D eigenvalue weighted by atomic mass is 19.1. The SMILES string of the molecule is Cc1ccc(F)cc1C(=O)N1CCCC[C@H]1C(=O)O. The van der Waals surface area contributed by atoms with Crippen LogP contribution in [0.4, 0.5) is 4.39 Å². The van der Waals surface area contributed by atoms with E-state index >= 15 is 0 Å². The van der Waals surface area contributed by atoms with Crippen LogP contribution < -0.4 is 0 Å². The molecule has 2 rings (SSSR count). The van der Waals surface area contributed by atoms with E-state index in [1.165, 1.54) is 23.1 Å². The highest BCUT2D eigenvalue weighted by molar-refractivity contribution is 5.98. The third-order valence-electron chi connectivity index (χ3n) is 3.48. The average molecular weight is 265 g/mol. The lowest BCUT2D eigenvalue weighted by Gasteiger charge is -2.33. The van der Waals surface area contributed by atoms with Crippen LogP contribution in [0.3, 0.4) is 0 Å². The minimum absolute atomic E-state index is 0.244. The molecule has 1 fully saturated rings. The second-order valence-electron chi connectivity index (χ2n) is 4.81. The summed E-state index contributed by atoms with van der Waals surface area (Å²) < 4.78 is 13.2. The van der Waals surface area contributed by atoms with Gasteiger partial charge in [-0.15, -0.1) is 0 Å². The molecular formula is C14H16FNO3. The fourth-order valence-corrected chi connectivity index (χ4v) is 2.41. The Morgan fingerprint density at radius 1 is 1.37 bits per heavy atom. The lowest BCUT2D eigenvalue weighted by Crippen LogP contribution is -2.48. The highest BCUT2D eigenvalue weighted by Gasteiger charge is 2.32. The predicted molar refractivity (Wildman–Crippen MR) is 67.4 cm³/mol. The second kappa shape index (κ2) is 5.38. The van der Waals surface area contributed by atoms with Crippen molar-refractivity contribution in [1.29, 1.82) is 0 Å². The number of carbonyl (C=O) groups excluding carboxylic acids is 1. The zero-order chi connectivity index (χ0) is 14.0. The van der Waals surface area contributed by atoms with Gasteiger partial charge in [-0.05, 0) is 43.9 Å². The lowest BCUT2D eigenvalue weighted by molar-refractivity contribution is -0.143. The number of piperidine rings is 1. The van der Waals surface area contributed by atoms with Crippen LogP contribution in [0.25, 0.3) is 0 Å². The molecule has 1 N–H and O–H groups in total. The van der Waals surface area contributed by atoms with Crippen molar-refractivity contribution in [3.05, 3.63) is 35.1 Å². The first-order valence-electron chi connectivity index (χ1n) is 6.30. The molecule has 1 aliphatic heterocycles. The summed E-state index contributed by atoms with van der Waals surface area (Å²) in [5.74, 6) is -1.89. The normalized spacial score (nSPS) is 19.3. The van der Waals surface area contributed by atoms with Crippen LogP contribution in [-0.2, 0) is 4.79 Å². The van der Waals surface area contributed by atoms with E-state index in [1.807, 2.05) is 0 Å². The molecule has 102 valence electrons. The number of hydrogen-bond donors (Lipinski definition) is 1. The van der Waals surface area contributed by atoms with Crippen LogP contribution >= 0.6 is 0 Å². The van der Waals surface area contributed by atoms with Crippen molar-refractivity contribution in [3.63, 3.8) is 0 Å². The third kappa shape index (κ3) is 2.75. The monoisotopic (exact) mass is 265 g/mol. The van der Waals surface area contributed by atoms with E-state index in [0.717, 1.165) is 12.8 Å². The number of nitrogens with zero attached hydrogens (tertiary/aromatic N) is 1. The number of amides is 1. The maximum absolute atomic E-state index is 13.2. The van der Waals surface area contributed by atoms with Crippen LogP contribution in [0.15, 0.2) is 18.2 Å². The zero-order valence-electron chi connectivity index (χ0n) is 10.7. The van der Waals surface area contributed by atoms with Crippen LogP contribution in [0.2, 0.25) is 0 Å². The van der Waals surface area contributed by atoms with Gasteiger partial charge in [-0.3, -0.25) is 4.79 Å². The van der Waals surface area contributed by atoms with Gasteiger partial charge in [-0.1, -0.05) is 6.07 Å². The van der Waals surface area contributed by atoms with Crippen LogP contribution in [0.5, 0.6) is 0 Å². The number of hydrogen-bond acceptors (Lipinski definition) is 2. The first-order chi connectivity index (χ1) is 9.00. The smallest absolute Gasteiger partial charge is 0.326 e. The van der Waals surface area contributed by atoms with Crippen molar-refractivity contribution in [3.8, 4) is 0 Å². The first kappa shape index (κ1) is 13.5. The summed E-state index contributed by atoms with van der Waals surface area (Å²) in [5, 5.41) is 9.16. The summed E-state index contributed by atoms with van der Waals surface area (Å²) in [4.78, 5) is 24.9. The van der Waals surface area contributed by atoms with Crippen molar-refractivity contribution in [1.82, 2.24) is 4.90 Å². The van der Waals surface area contributed by atoms with Gasteiger partial charge in [0.2, 0.25) is 0 Å². The fraction of sp³-hybridized carbons (Fsp3) is 0.429. The molecule has 1 aromatic carbocycles. The molecule has 1 amide bonds. The number of aryl methyl sites for hydroxylation is 1. The molecule has 5 heteroatoms. The van der Waals surface area contributed by atoms with E-state index in [-0.39, 0.29) is 5.56 Å². The topological polar surface area (TPSA) is 57.6 Å². The predicted octanol–water partition coefficient (Wildman–Crippen LogP) is 2.21. The Hall–Kier alpha value is -1.91. The molecule has 1 saturated heterocycles. The number of carboxylic acids is 1. The summed E-state index contributed by atoms with van der Waals surface area (Å²) in [6.07, 6.45) is 2.03. The average Bonchev–Trinajstić information content (AvgIpc) is 2.40. The van der Waals surface area contributed by atoms with E-state index in [9.17, 15) is 14.0 Å². The number of benzene rings is 1. The molecule has 0 radical (unpaired) electrons. The Bertz CT molecular complexity index is 515. The van der Waals surface area contributed by atoms with E-state index in [1.54, 1.807) is 6.92 Å². The number of aliphatic carboxylic acids is 1. The van der Waals surface area contributed by atoms with Gasteiger partial charge in [0, 0.05) is 12.1 Å². The molecule has 0 spiro atoms. The van der Waals surface area contributed by atoms with Crippen LogP contribution in [-0.4, -0.2) is 34.5 Å². The number of carbonyl (C=O) groups is 2. The number of carboxylic acid groups (broad SMARTS) is 1. The van der Waals surface area contributed by atoms with Crippen molar-refractivity contribution >= 4 is 11.9 Å². The Balaban J connectivity index is 2.31. The maximum Gasteiger partial charge on any atom is 0.326 e. The molecule has 0 aliphatic carbocycles. The van der Waals surface area contributed by atoms with Gasteiger partial charge in [0.15, 0.2) is 0 Å². The molecule has 1 heterocycles. The molecular weight excluding hydrogens is 249 g/mol. The standard InChI is InChI=1S/C14H16FNO3/c1-9-5-6-10(15)8-11(9)13(17)16-7-3-2-4-12(16)14(18)19/h5-6,8,12H,2-4,7H2,1H3,(H,18,19)/t12-/m0/s1. The van der Waals surface area contributed by atoms with E-state index in [4.69, 9.17) is 5.11 Å². The minimum atomic E-state index is -0.998. The summed E-state index contributed by atoms with van der Waals surface area (Å²) >= 11 is 0. The number of likely N-dealkylation sites (tertiary alicyclic amines) is 1. The van der Waals surface area contributed by atoms with E-state index in [2.05, 4.69) is 0 Å². The summed E-state index contributed by atoms with van der Waals surface area (Å²) in [6, 6.07) is 3.19. The zero-order valence-corrected chi connectivity index (χ0v) is 10.7. The molecule has 1 aromatic rings. The Kier molecular flexibility index (Phi) is 3.83. The van der Waals surface area contributed by atoms with Crippen LogP contribution in [0.1, 0.15) is 35.2 Å². The van der Waals surface area contributed by atoms with E-state index < -0.39 is 23.7 Å². The van der Waals surface area contributed by atoms with Gasteiger partial charge < -0.3 is 10.0 Å². The summed E-state index contributed by atoms with van der Waals surface area (Å²) in [6.45, 7) is 2.12. The molecule has 1 aliphatic rings.